The number of hydrogen-bond donors (Lipinski definition) is 2. The first kappa shape index (κ1) is 12.1. The lowest BCUT2D eigenvalue weighted by atomic mass is 10.1. The molecule has 0 spiro atoms. The molecule has 19 heavy (non-hydrogen) atoms. The molecule has 2 N–H and O–H groups in total. The second-order valence-electron chi connectivity index (χ2n) is 4.74. The molecule has 3 rings (SSSR count). The standard InChI is InChI=1S/C13H18N6/c1-14-12-8-15-7-10(18-12)11-3-2-6-19(11)9-13-16-4-5-17-13/h4-5,7-8,11H,2-3,6,9H2,1H3,(H,14,18)(H,16,17)/t11-/m0/s1. The van der Waals surface area contributed by atoms with Crippen LogP contribution in [0.25, 0.3) is 0 Å². The lowest BCUT2D eigenvalue weighted by Gasteiger charge is -2.22. The number of nitrogens with zero attached hydrogens (tertiary/aromatic N) is 4. The van der Waals surface area contributed by atoms with E-state index < -0.39 is 0 Å². The molecule has 0 saturated carbocycles. The van der Waals surface area contributed by atoms with Crippen LogP contribution in [0.1, 0.15) is 30.4 Å². The van der Waals surface area contributed by atoms with Crippen molar-refractivity contribution in [3.8, 4) is 0 Å². The van der Waals surface area contributed by atoms with Crippen molar-refractivity contribution in [3.05, 3.63) is 36.3 Å². The van der Waals surface area contributed by atoms with Gasteiger partial charge in [-0.05, 0) is 19.4 Å². The second kappa shape index (κ2) is 5.36. The highest BCUT2D eigenvalue weighted by molar-refractivity contribution is 5.31. The normalized spacial score (nSPS) is 19.7. The van der Waals surface area contributed by atoms with Crippen molar-refractivity contribution >= 4 is 5.82 Å². The van der Waals surface area contributed by atoms with E-state index in [9.17, 15) is 0 Å². The van der Waals surface area contributed by atoms with Crippen LogP contribution in [0.4, 0.5) is 5.82 Å². The molecule has 1 aliphatic rings. The molecule has 2 aromatic heterocycles. The van der Waals surface area contributed by atoms with Gasteiger partial charge in [0.15, 0.2) is 0 Å². The predicted octanol–water partition coefficient (Wildman–Crippen LogP) is 1.58. The van der Waals surface area contributed by atoms with Gasteiger partial charge < -0.3 is 10.3 Å². The number of aromatic nitrogens is 4. The van der Waals surface area contributed by atoms with Crippen molar-refractivity contribution in [2.24, 2.45) is 0 Å². The molecular formula is C13H18N6. The highest BCUT2D eigenvalue weighted by Gasteiger charge is 2.27. The SMILES string of the molecule is CNc1cncc([C@@H]2CCCN2Cc2ncc[nH]2)n1. The molecule has 1 atom stereocenters. The van der Waals surface area contributed by atoms with E-state index in [2.05, 4.69) is 30.2 Å². The maximum absolute atomic E-state index is 4.61. The summed E-state index contributed by atoms with van der Waals surface area (Å²) in [6, 6.07) is 0.339. The van der Waals surface area contributed by atoms with E-state index in [4.69, 9.17) is 0 Å². The van der Waals surface area contributed by atoms with Gasteiger partial charge >= 0.3 is 0 Å². The van der Waals surface area contributed by atoms with Crippen LogP contribution in [0.5, 0.6) is 0 Å². The molecule has 1 fully saturated rings. The molecule has 0 aromatic carbocycles. The van der Waals surface area contributed by atoms with Crippen LogP contribution in [-0.2, 0) is 6.54 Å². The molecule has 0 unspecified atom stereocenters. The van der Waals surface area contributed by atoms with Gasteiger partial charge in [0.1, 0.15) is 11.6 Å². The first-order valence-electron chi connectivity index (χ1n) is 6.59. The number of aromatic amines is 1. The number of nitrogens with one attached hydrogen (secondary N) is 2. The van der Waals surface area contributed by atoms with E-state index >= 15 is 0 Å². The average molecular weight is 258 g/mol. The number of H-pyrrole nitrogens is 1. The number of anilines is 1. The average Bonchev–Trinajstić information content (AvgIpc) is 3.11. The zero-order valence-corrected chi connectivity index (χ0v) is 11.0. The van der Waals surface area contributed by atoms with Gasteiger partial charge in [0, 0.05) is 19.4 Å². The highest BCUT2D eigenvalue weighted by Crippen LogP contribution is 2.31. The molecule has 100 valence electrons. The maximum Gasteiger partial charge on any atom is 0.144 e. The van der Waals surface area contributed by atoms with Gasteiger partial charge in [-0.1, -0.05) is 0 Å². The van der Waals surface area contributed by atoms with E-state index in [0.29, 0.717) is 6.04 Å². The quantitative estimate of drug-likeness (QED) is 0.871. The third kappa shape index (κ3) is 2.58. The Kier molecular flexibility index (Phi) is 3.41. The van der Waals surface area contributed by atoms with E-state index in [1.165, 1.54) is 6.42 Å². The van der Waals surface area contributed by atoms with Crippen molar-refractivity contribution in [2.75, 3.05) is 18.9 Å². The minimum absolute atomic E-state index is 0.339. The predicted molar refractivity (Wildman–Crippen MR) is 72.6 cm³/mol. The Morgan fingerprint density at radius 1 is 1.47 bits per heavy atom. The number of hydrogen-bond acceptors (Lipinski definition) is 5. The summed E-state index contributed by atoms with van der Waals surface area (Å²) < 4.78 is 0. The molecule has 0 amide bonds. The van der Waals surface area contributed by atoms with Crippen molar-refractivity contribution in [2.45, 2.75) is 25.4 Å². The monoisotopic (exact) mass is 258 g/mol. The molecule has 6 nitrogen and oxygen atoms in total. The van der Waals surface area contributed by atoms with Crippen LogP contribution in [0.3, 0.4) is 0 Å². The Morgan fingerprint density at radius 3 is 3.21 bits per heavy atom. The summed E-state index contributed by atoms with van der Waals surface area (Å²) in [6.45, 7) is 1.92. The van der Waals surface area contributed by atoms with Gasteiger partial charge in [-0.2, -0.15) is 0 Å². The fourth-order valence-electron chi connectivity index (χ4n) is 2.59. The summed E-state index contributed by atoms with van der Waals surface area (Å²) in [4.78, 5) is 18.7. The summed E-state index contributed by atoms with van der Waals surface area (Å²) in [5.41, 5.74) is 1.04. The van der Waals surface area contributed by atoms with E-state index in [-0.39, 0.29) is 0 Å². The van der Waals surface area contributed by atoms with Gasteiger partial charge in [0.2, 0.25) is 0 Å². The zero-order chi connectivity index (χ0) is 13.1. The fraction of sp³-hybridized carbons (Fsp3) is 0.462. The third-order valence-corrected chi connectivity index (χ3v) is 3.52. The van der Waals surface area contributed by atoms with Gasteiger partial charge in [-0.3, -0.25) is 9.88 Å². The van der Waals surface area contributed by atoms with Crippen LogP contribution < -0.4 is 5.32 Å². The van der Waals surface area contributed by atoms with Gasteiger partial charge in [-0.15, -0.1) is 0 Å². The van der Waals surface area contributed by atoms with Crippen molar-refractivity contribution in [3.63, 3.8) is 0 Å². The van der Waals surface area contributed by atoms with E-state index in [1.54, 1.807) is 12.4 Å². The molecule has 0 aliphatic carbocycles. The summed E-state index contributed by atoms with van der Waals surface area (Å²) in [6.07, 6.45) is 9.59. The van der Waals surface area contributed by atoms with Crippen LogP contribution in [0.2, 0.25) is 0 Å². The van der Waals surface area contributed by atoms with Crippen LogP contribution in [0, 0.1) is 0 Å². The van der Waals surface area contributed by atoms with Gasteiger partial charge in [-0.25, -0.2) is 9.97 Å². The van der Waals surface area contributed by atoms with Crippen molar-refractivity contribution < 1.29 is 0 Å². The Hall–Kier alpha value is -1.95. The maximum atomic E-state index is 4.61. The van der Waals surface area contributed by atoms with Gasteiger partial charge in [0.25, 0.3) is 0 Å². The summed E-state index contributed by atoms with van der Waals surface area (Å²) in [7, 11) is 1.86. The number of rotatable bonds is 4. The molecule has 1 saturated heterocycles. The van der Waals surface area contributed by atoms with Crippen LogP contribution in [-0.4, -0.2) is 38.4 Å². The fourth-order valence-corrected chi connectivity index (χ4v) is 2.59. The minimum Gasteiger partial charge on any atom is -0.372 e. The number of imidazole rings is 1. The van der Waals surface area contributed by atoms with E-state index in [1.807, 2.05) is 19.4 Å². The van der Waals surface area contributed by atoms with Crippen LogP contribution >= 0.6 is 0 Å². The summed E-state index contributed by atoms with van der Waals surface area (Å²) >= 11 is 0. The summed E-state index contributed by atoms with van der Waals surface area (Å²) in [5.74, 6) is 1.83. The molecule has 1 aliphatic heterocycles. The topological polar surface area (TPSA) is 69.7 Å². The molecule has 0 radical (unpaired) electrons. The first-order chi connectivity index (χ1) is 9.36. The summed E-state index contributed by atoms with van der Waals surface area (Å²) in [5, 5.41) is 3.04. The lowest BCUT2D eigenvalue weighted by molar-refractivity contribution is 0.238. The first-order valence-corrected chi connectivity index (χ1v) is 6.59. The molecule has 3 heterocycles. The Bertz CT molecular complexity index is 524. The minimum atomic E-state index is 0.339. The van der Waals surface area contributed by atoms with Crippen LogP contribution in [0.15, 0.2) is 24.8 Å². The smallest absolute Gasteiger partial charge is 0.144 e. The Balaban J connectivity index is 1.78. The Labute approximate surface area is 112 Å². The molecular weight excluding hydrogens is 240 g/mol. The molecule has 6 heteroatoms. The second-order valence-corrected chi connectivity index (χ2v) is 4.74. The van der Waals surface area contributed by atoms with Crippen molar-refractivity contribution in [1.29, 1.82) is 0 Å². The van der Waals surface area contributed by atoms with Crippen molar-refractivity contribution in [1.82, 2.24) is 24.8 Å². The lowest BCUT2D eigenvalue weighted by Crippen LogP contribution is -2.24. The largest absolute Gasteiger partial charge is 0.372 e. The number of likely N-dealkylation sites (tertiary alicyclic amines) is 1. The molecule has 2 aromatic rings. The third-order valence-electron chi connectivity index (χ3n) is 3.52. The van der Waals surface area contributed by atoms with E-state index in [0.717, 1.165) is 36.8 Å². The highest BCUT2D eigenvalue weighted by atomic mass is 15.2. The molecule has 0 bridgehead atoms. The van der Waals surface area contributed by atoms with Gasteiger partial charge in [0.05, 0.1) is 30.7 Å². The zero-order valence-electron chi connectivity index (χ0n) is 11.0. The Morgan fingerprint density at radius 2 is 2.42 bits per heavy atom.